The van der Waals surface area contributed by atoms with Crippen molar-refractivity contribution < 1.29 is 22.4 Å². The van der Waals surface area contributed by atoms with E-state index in [1.54, 1.807) is 30.0 Å². The van der Waals surface area contributed by atoms with Gasteiger partial charge in [-0.3, -0.25) is 9.59 Å². The van der Waals surface area contributed by atoms with Gasteiger partial charge in [0.05, 0.1) is 11.2 Å². The smallest absolute Gasteiger partial charge is 0.287 e. The van der Waals surface area contributed by atoms with Crippen molar-refractivity contribution in [3.63, 3.8) is 0 Å². The fraction of sp³-hybridized carbons (Fsp3) is 0.500. The molecule has 1 unspecified atom stereocenters. The molecule has 2 fully saturated rings. The lowest BCUT2D eigenvalue weighted by molar-refractivity contribution is -0.134. The maximum Gasteiger partial charge on any atom is 0.287 e. The minimum atomic E-state index is -3.61. The normalized spacial score (nSPS) is 19.2. The van der Waals surface area contributed by atoms with Crippen molar-refractivity contribution in [1.82, 2.24) is 14.5 Å². The molecule has 1 atom stereocenters. The van der Waals surface area contributed by atoms with E-state index in [1.165, 1.54) is 54.3 Å². The van der Waals surface area contributed by atoms with Crippen molar-refractivity contribution in [2.45, 2.75) is 55.9 Å². The molecule has 1 aromatic heterocycles. The molecular formula is C24H31N3O5S. The zero-order valence-corrected chi connectivity index (χ0v) is 19.7. The van der Waals surface area contributed by atoms with Crippen LogP contribution in [0.15, 0.2) is 52.0 Å². The first-order valence-electron chi connectivity index (χ1n) is 11.6. The van der Waals surface area contributed by atoms with Crippen molar-refractivity contribution in [3.8, 4) is 0 Å². The van der Waals surface area contributed by atoms with E-state index in [0.717, 1.165) is 0 Å². The lowest BCUT2D eigenvalue weighted by Gasteiger charge is -2.35. The van der Waals surface area contributed by atoms with Crippen LogP contribution < -0.4 is 5.32 Å². The highest BCUT2D eigenvalue weighted by Crippen LogP contribution is 2.33. The summed E-state index contributed by atoms with van der Waals surface area (Å²) in [5, 5.41) is 2.62. The molecule has 1 saturated heterocycles. The maximum atomic E-state index is 13.1. The Morgan fingerprint density at radius 3 is 2.27 bits per heavy atom. The Morgan fingerprint density at radius 1 is 1.00 bits per heavy atom. The van der Waals surface area contributed by atoms with Gasteiger partial charge in [0.2, 0.25) is 15.9 Å². The lowest BCUT2D eigenvalue weighted by atomic mass is 9.84. The molecule has 2 aromatic rings. The van der Waals surface area contributed by atoms with Crippen LogP contribution in [-0.2, 0) is 14.8 Å². The summed E-state index contributed by atoms with van der Waals surface area (Å²) in [6, 6.07) is 9.71. The summed E-state index contributed by atoms with van der Waals surface area (Å²) in [5.74, 6) is -0.0390. The van der Waals surface area contributed by atoms with Gasteiger partial charge in [-0.1, -0.05) is 31.4 Å². The summed E-state index contributed by atoms with van der Waals surface area (Å²) >= 11 is 0. The van der Waals surface area contributed by atoms with Gasteiger partial charge in [0.1, 0.15) is 6.04 Å². The fourth-order valence-electron chi connectivity index (χ4n) is 4.66. The minimum Gasteiger partial charge on any atom is -0.459 e. The van der Waals surface area contributed by atoms with Crippen LogP contribution in [0.4, 0.5) is 0 Å². The highest BCUT2D eigenvalue weighted by atomic mass is 32.2. The second-order valence-electron chi connectivity index (χ2n) is 8.81. The summed E-state index contributed by atoms with van der Waals surface area (Å²) in [7, 11) is -3.61. The summed E-state index contributed by atoms with van der Waals surface area (Å²) in [5.41, 5.74) is 1.22. The number of amides is 2. The van der Waals surface area contributed by atoms with Gasteiger partial charge in [0.25, 0.3) is 5.91 Å². The molecule has 4 rings (SSSR count). The van der Waals surface area contributed by atoms with Gasteiger partial charge in [0.15, 0.2) is 5.76 Å². The highest BCUT2D eigenvalue weighted by Gasteiger charge is 2.32. The summed E-state index contributed by atoms with van der Waals surface area (Å²) < 4.78 is 32.7. The topological polar surface area (TPSA) is 99.9 Å². The Balaban J connectivity index is 1.32. The molecule has 33 heavy (non-hydrogen) atoms. The average Bonchev–Trinajstić information content (AvgIpc) is 3.39. The van der Waals surface area contributed by atoms with E-state index in [2.05, 4.69) is 5.32 Å². The molecule has 1 aliphatic heterocycles. The van der Waals surface area contributed by atoms with Gasteiger partial charge >= 0.3 is 0 Å². The van der Waals surface area contributed by atoms with Crippen LogP contribution in [0.2, 0.25) is 0 Å². The number of carbonyl (C=O) groups excluding carboxylic acids is 2. The first-order chi connectivity index (χ1) is 15.9. The molecule has 2 heterocycles. The van der Waals surface area contributed by atoms with Gasteiger partial charge in [0, 0.05) is 26.2 Å². The third-order valence-corrected chi connectivity index (χ3v) is 8.52. The van der Waals surface area contributed by atoms with E-state index >= 15 is 0 Å². The van der Waals surface area contributed by atoms with Crippen molar-refractivity contribution >= 4 is 21.8 Å². The van der Waals surface area contributed by atoms with E-state index in [-0.39, 0.29) is 37.8 Å². The van der Waals surface area contributed by atoms with Gasteiger partial charge in [-0.15, -0.1) is 0 Å². The molecule has 1 saturated carbocycles. The van der Waals surface area contributed by atoms with Crippen LogP contribution in [0.3, 0.4) is 0 Å². The quantitative estimate of drug-likeness (QED) is 0.695. The predicted octanol–water partition coefficient (Wildman–Crippen LogP) is 2.98. The molecule has 1 aliphatic carbocycles. The number of hydrogen-bond acceptors (Lipinski definition) is 5. The monoisotopic (exact) mass is 473 g/mol. The van der Waals surface area contributed by atoms with Gasteiger partial charge in [-0.05, 0) is 55.5 Å². The number of piperazine rings is 1. The summed E-state index contributed by atoms with van der Waals surface area (Å²) in [6.07, 6.45) is 7.49. The fourth-order valence-corrected chi connectivity index (χ4v) is 6.08. The SMILES string of the molecule is CC(NC(=O)c1ccco1)C(=O)N1CCN(S(=O)(=O)c2ccc(C3CCCCC3)cc2)CC1. The van der Waals surface area contributed by atoms with E-state index in [0.29, 0.717) is 10.8 Å². The van der Waals surface area contributed by atoms with E-state index in [9.17, 15) is 18.0 Å². The number of nitrogens with one attached hydrogen (secondary N) is 1. The lowest BCUT2D eigenvalue weighted by Crippen LogP contribution is -2.55. The first-order valence-corrected chi connectivity index (χ1v) is 13.0. The van der Waals surface area contributed by atoms with E-state index < -0.39 is 22.0 Å². The van der Waals surface area contributed by atoms with Crippen molar-refractivity contribution in [2.75, 3.05) is 26.2 Å². The van der Waals surface area contributed by atoms with Crippen LogP contribution in [0.25, 0.3) is 0 Å². The predicted molar refractivity (Wildman–Crippen MR) is 123 cm³/mol. The summed E-state index contributed by atoms with van der Waals surface area (Å²) in [4.78, 5) is 26.7. The second kappa shape index (κ2) is 10.1. The molecule has 0 bridgehead atoms. The van der Waals surface area contributed by atoms with Crippen LogP contribution in [0.5, 0.6) is 0 Å². The maximum absolute atomic E-state index is 13.1. The van der Waals surface area contributed by atoms with Crippen LogP contribution in [-0.4, -0.2) is 61.7 Å². The van der Waals surface area contributed by atoms with E-state index in [1.807, 2.05) is 12.1 Å². The standard InChI is InChI=1S/C24H31N3O5S/c1-18(25-23(28)22-8-5-17-32-22)24(29)26-13-15-27(16-14-26)33(30,31)21-11-9-20(10-12-21)19-6-3-2-4-7-19/h5,8-12,17-19H,2-4,6-7,13-16H2,1H3,(H,25,28). The zero-order chi connectivity index (χ0) is 23.4. The number of carbonyl (C=O) groups is 2. The first kappa shape index (κ1) is 23.5. The largest absolute Gasteiger partial charge is 0.459 e. The number of nitrogens with zero attached hydrogens (tertiary/aromatic N) is 2. The third-order valence-electron chi connectivity index (χ3n) is 6.61. The van der Waals surface area contributed by atoms with E-state index in [4.69, 9.17) is 4.42 Å². The van der Waals surface area contributed by atoms with Crippen molar-refractivity contribution in [1.29, 1.82) is 0 Å². The molecule has 0 spiro atoms. The molecule has 9 heteroatoms. The van der Waals surface area contributed by atoms with Crippen molar-refractivity contribution in [2.24, 2.45) is 0 Å². The van der Waals surface area contributed by atoms with Crippen LogP contribution in [0.1, 0.15) is 61.1 Å². The second-order valence-corrected chi connectivity index (χ2v) is 10.7. The Kier molecular flexibility index (Phi) is 7.19. The molecule has 0 radical (unpaired) electrons. The highest BCUT2D eigenvalue weighted by molar-refractivity contribution is 7.89. The number of hydrogen-bond donors (Lipinski definition) is 1. The van der Waals surface area contributed by atoms with Gasteiger partial charge in [-0.2, -0.15) is 4.31 Å². The molecule has 8 nitrogen and oxygen atoms in total. The molecule has 1 aromatic carbocycles. The molecule has 178 valence electrons. The Labute approximate surface area is 195 Å². The van der Waals surface area contributed by atoms with Crippen LogP contribution >= 0.6 is 0 Å². The number of benzene rings is 1. The Morgan fingerprint density at radius 2 is 1.67 bits per heavy atom. The van der Waals surface area contributed by atoms with Crippen molar-refractivity contribution in [3.05, 3.63) is 54.0 Å². The molecule has 2 amide bonds. The van der Waals surface area contributed by atoms with Gasteiger partial charge < -0.3 is 14.6 Å². The minimum absolute atomic E-state index is 0.139. The summed E-state index contributed by atoms with van der Waals surface area (Å²) in [6.45, 7) is 2.60. The Hall–Kier alpha value is -2.65. The molecular weight excluding hydrogens is 442 g/mol. The number of sulfonamides is 1. The Bertz CT molecular complexity index is 1050. The third kappa shape index (κ3) is 5.30. The molecule has 2 aliphatic rings. The molecule has 1 N–H and O–H groups in total. The average molecular weight is 474 g/mol. The number of rotatable bonds is 6. The number of furan rings is 1. The zero-order valence-electron chi connectivity index (χ0n) is 18.9. The van der Waals surface area contributed by atoms with Crippen LogP contribution in [0, 0.1) is 0 Å². The van der Waals surface area contributed by atoms with Gasteiger partial charge in [-0.25, -0.2) is 8.42 Å².